The van der Waals surface area contributed by atoms with Crippen LogP contribution in [0.25, 0.3) is 0 Å². The molecule has 0 saturated carbocycles. The third-order valence-electron chi connectivity index (χ3n) is 3.58. The molecular formula is C16H24N2O3. The highest BCUT2D eigenvalue weighted by molar-refractivity contribution is 5.68. The lowest BCUT2D eigenvalue weighted by atomic mass is 10.0. The Bertz CT molecular complexity index is 450. The van der Waals surface area contributed by atoms with Crippen LogP contribution in [-0.2, 0) is 11.3 Å². The number of nitrogens with zero attached hydrogens (tertiary/aromatic N) is 1. The number of nitrogens with one attached hydrogen (secondary N) is 1. The van der Waals surface area contributed by atoms with Gasteiger partial charge >= 0.3 is 6.09 Å². The second-order valence-corrected chi connectivity index (χ2v) is 5.67. The van der Waals surface area contributed by atoms with Crippen LogP contribution in [0, 0.1) is 0 Å². The van der Waals surface area contributed by atoms with Gasteiger partial charge in [0.25, 0.3) is 0 Å². The Morgan fingerprint density at radius 1 is 1.43 bits per heavy atom. The van der Waals surface area contributed by atoms with E-state index in [9.17, 15) is 9.90 Å². The van der Waals surface area contributed by atoms with Gasteiger partial charge in [-0.3, -0.25) is 4.90 Å². The molecule has 5 heteroatoms. The van der Waals surface area contributed by atoms with E-state index in [-0.39, 0.29) is 18.2 Å². The summed E-state index contributed by atoms with van der Waals surface area (Å²) in [6, 6.07) is 9.57. The second kappa shape index (κ2) is 7.43. The summed E-state index contributed by atoms with van der Waals surface area (Å²) < 4.78 is 5.34. The number of β-amino-alcohol motifs (C(OH)–C–C–N with tert-alkyl or cyclic N) is 1. The molecule has 0 unspecified atom stereocenters. The van der Waals surface area contributed by atoms with Gasteiger partial charge in [0, 0.05) is 13.1 Å². The summed E-state index contributed by atoms with van der Waals surface area (Å²) in [5, 5.41) is 13.3. The fourth-order valence-electron chi connectivity index (χ4n) is 2.56. The summed E-state index contributed by atoms with van der Waals surface area (Å²) >= 11 is 0. The predicted molar refractivity (Wildman–Crippen MR) is 80.9 cm³/mol. The third kappa shape index (κ3) is 4.44. The van der Waals surface area contributed by atoms with Gasteiger partial charge in [0.1, 0.15) is 0 Å². The maximum Gasteiger partial charge on any atom is 0.410 e. The van der Waals surface area contributed by atoms with Gasteiger partial charge in [0.2, 0.25) is 0 Å². The lowest BCUT2D eigenvalue weighted by Gasteiger charge is -2.37. The van der Waals surface area contributed by atoms with E-state index in [2.05, 4.69) is 5.32 Å². The number of hydrogen-bond acceptors (Lipinski definition) is 4. The molecule has 0 radical (unpaired) electrons. The fourth-order valence-corrected chi connectivity index (χ4v) is 2.56. The molecule has 2 atom stereocenters. The van der Waals surface area contributed by atoms with Gasteiger partial charge in [-0.2, -0.15) is 0 Å². The number of hydrogen-bond donors (Lipinski definition) is 2. The zero-order valence-electron chi connectivity index (χ0n) is 12.7. The van der Waals surface area contributed by atoms with Crippen molar-refractivity contribution in [2.75, 3.05) is 13.1 Å². The molecular weight excluding hydrogens is 268 g/mol. The van der Waals surface area contributed by atoms with Crippen LogP contribution >= 0.6 is 0 Å². The van der Waals surface area contributed by atoms with Crippen molar-refractivity contribution in [1.82, 2.24) is 10.2 Å². The summed E-state index contributed by atoms with van der Waals surface area (Å²) in [6.45, 7) is 5.41. The highest BCUT2D eigenvalue weighted by atomic mass is 16.6. The molecule has 1 aromatic carbocycles. The monoisotopic (exact) mass is 292 g/mol. The molecule has 5 nitrogen and oxygen atoms in total. The van der Waals surface area contributed by atoms with Crippen molar-refractivity contribution in [1.29, 1.82) is 0 Å². The van der Waals surface area contributed by atoms with E-state index in [1.165, 1.54) is 0 Å². The Labute approximate surface area is 125 Å². The molecule has 0 spiro atoms. The van der Waals surface area contributed by atoms with Crippen molar-refractivity contribution in [3.05, 3.63) is 35.9 Å². The van der Waals surface area contributed by atoms with E-state index < -0.39 is 6.10 Å². The average molecular weight is 292 g/mol. The number of benzene rings is 1. The fraction of sp³-hybridized carbons (Fsp3) is 0.562. The Balaban J connectivity index is 2.15. The van der Waals surface area contributed by atoms with E-state index >= 15 is 0 Å². The van der Waals surface area contributed by atoms with Crippen LogP contribution in [0.2, 0.25) is 0 Å². The highest BCUT2D eigenvalue weighted by Crippen LogP contribution is 2.18. The van der Waals surface area contributed by atoms with Gasteiger partial charge in [-0.25, -0.2) is 4.79 Å². The van der Waals surface area contributed by atoms with Gasteiger partial charge in [-0.05, 0) is 32.4 Å². The zero-order chi connectivity index (χ0) is 15.2. The van der Waals surface area contributed by atoms with E-state index in [0.717, 1.165) is 18.5 Å². The summed E-state index contributed by atoms with van der Waals surface area (Å²) in [4.78, 5) is 14.0. The first-order valence-electron chi connectivity index (χ1n) is 7.48. The van der Waals surface area contributed by atoms with Gasteiger partial charge in [-0.15, -0.1) is 0 Å². The van der Waals surface area contributed by atoms with Crippen LogP contribution < -0.4 is 5.32 Å². The first-order valence-corrected chi connectivity index (χ1v) is 7.48. The minimum absolute atomic E-state index is 0.172. The third-order valence-corrected chi connectivity index (χ3v) is 3.58. The first-order chi connectivity index (χ1) is 10.1. The largest absolute Gasteiger partial charge is 0.447 e. The molecule has 0 aromatic heterocycles. The number of ether oxygens (including phenoxy) is 1. The van der Waals surface area contributed by atoms with Crippen molar-refractivity contribution < 1.29 is 14.6 Å². The van der Waals surface area contributed by atoms with Crippen LogP contribution in [0.3, 0.4) is 0 Å². The summed E-state index contributed by atoms with van der Waals surface area (Å²) in [6.07, 6.45) is -0.377. The number of carbonyl (C=O) groups excluding carboxylic acids is 1. The van der Waals surface area contributed by atoms with E-state index in [0.29, 0.717) is 13.1 Å². The molecule has 0 bridgehead atoms. The van der Waals surface area contributed by atoms with Crippen molar-refractivity contribution in [3.8, 4) is 0 Å². The normalized spacial score (nSPS) is 22.1. The lowest BCUT2D eigenvalue weighted by molar-refractivity contribution is 0.00735. The molecule has 21 heavy (non-hydrogen) atoms. The van der Waals surface area contributed by atoms with Crippen LogP contribution in [-0.4, -0.2) is 47.4 Å². The van der Waals surface area contributed by atoms with Crippen molar-refractivity contribution in [2.24, 2.45) is 0 Å². The Morgan fingerprint density at radius 3 is 2.76 bits per heavy atom. The second-order valence-electron chi connectivity index (χ2n) is 5.67. The number of amides is 1. The zero-order valence-corrected chi connectivity index (χ0v) is 12.7. The molecule has 1 saturated heterocycles. The minimum Gasteiger partial charge on any atom is -0.447 e. The molecule has 1 amide bonds. The Morgan fingerprint density at radius 2 is 2.14 bits per heavy atom. The van der Waals surface area contributed by atoms with Crippen LogP contribution in [0.15, 0.2) is 30.3 Å². The molecule has 2 N–H and O–H groups in total. The van der Waals surface area contributed by atoms with Crippen LogP contribution in [0.5, 0.6) is 0 Å². The number of carbonyl (C=O) groups is 1. The Kier molecular flexibility index (Phi) is 5.59. The first kappa shape index (κ1) is 15.8. The van der Waals surface area contributed by atoms with Gasteiger partial charge in [-0.1, -0.05) is 30.3 Å². The molecule has 0 aliphatic carbocycles. The topological polar surface area (TPSA) is 61.8 Å². The molecule has 1 aliphatic heterocycles. The van der Waals surface area contributed by atoms with E-state index in [4.69, 9.17) is 4.74 Å². The molecule has 1 aliphatic rings. The molecule has 2 rings (SSSR count). The minimum atomic E-state index is -0.567. The summed E-state index contributed by atoms with van der Waals surface area (Å²) in [5.41, 5.74) is 1.03. The quantitative estimate of drug-likeness (QED) is 0.887. The van der Waals surface area contributed by atoms with Crippen molar-refractivity contribution >= 4 is 6.09 Å². The molecule has 1 heterocycles. The maximum absolute atomic E-state index is 12.4. The van der Waals surface area contributed by atoms with E-state index in [1.54, 1.807) is 4.90 Å². The number of rotatable bonds is 4. The highest BCUT2D eigenvalue weighted by Gasteiger charge is 2.33. The number of piperidine rings is 1. The van der Waals surface area contributed by atoms with Gasteiger partial charge < -0.3 is 15.2 Å². The molecule has 1 aromatic rings. The predicted octanol–water partition coefficient (Wildman–Crippen LogP) is 1.76. The van der Waals surface area contributed by atoms with Crippen LogP contribution in [0.4, 0.5) is 4.79 Å². The summed E-state index contributed by atoms with van der Waals surface area (Å²) in [5.74, 6) is 0. The Hall–Kier alpha value is -1.59. The average Bonchev–Trinajstić information content (AvgIpc) is 2.46. The van der Waals surface area contributed by atoms with Crippen LogP contribution in [0.1, 0.15) is 25.8 Å². The molecule has 1 fully saturated rings. The standard InChI is InChI=1S/C16H24N2O3/c1-12(2)21-16(20)18(11-13-6-4-3-5-7-13)14-8-9-17-10-15(14)19/h3-7,12,14-15,17,19H,8-11H2,1-2H3/t14-,15-/m0/s1. The smallest absolute Gasteiger partial charge is 0.410 e. The van der Waals surface area contributed by atoms with Crippen molar-refractivity contribution in [3.63, 3.8) is 0 Å². The van der Waals surface area contributed by atoms with Gasteiger partial charge in [0.15, 0.2) is 0 Å². The SMILES string of the molecule is CC(C)OC(=O)N(Cc1ccccc1)[C@H]1CCNC[C@@H]1O. The number of aliphatic hydroxyl groups excluding tert-OH is 1. The lowest BCUT2D eigenvalue weighted by Crippen LogP contribution is -2.54. The number of aliphatic hydroxyl groups is 1. The molecule has 116 valence electrons. The van der Waals surface area contributed by atoms with Crippen molar-refractivity contribution in [2.45, 2.75) is 45.1 Å². The maximum atomic E-state index is 12.4. The van der Waals surface area contributed by atoms with Gasteiger partial charge in [0.05, 0.1) is 18.2 Å². The summed E-state index contributed by atoms with van der Waals surface area (Å²) in [7, 11) is 0. The van der Waals surface area contributed by atoms with E-state index in [1.807, 2.05) is 44.2 Å².